The molecule has 0 aromatic heterocycles. The third-order valence-electron chi connectivity index (χ3n) is 4.94. The van der Waals surface area contributed by atoms with E-state index in [2.05, 4.69) is 21.9 Å². The van der Waals surface area contributed by atoms with Crippen LogP contribution in [0.25, 0.3) is 0 Å². The lowest BCUT2D eigenvalue weighted by atomic mass is 10.2. The number of halogens is 1. The van der Waals surface area contributed by atoms with E-state index in [1.165, 1.54) is 5.56 Å². The summed E-state index contributed by atoms with van der Waals surface area (Å²) in [6, 6.07) is 19.7. The minimum absolute atomic E-state index is 0.0461. The first-order chi connectivity index (χ1) is 13.7. The van der Waals surface area contributed by atoms with Gasteiger partial charge in [-0.2, -0.15) is 5.26 Å². The highest BCUT2D eigenvalue weighted by atomic mass is 35.5. The molecule has 0 radical (unpaired) electrons. The molecule has 1 fully saturated rings. The summed E-state index contributed by atoms with van der Waals surface area (Å²) in [5.41, 5.74) is 2.06. The van der Waals surface area contributed by atoms with Crippen molar-refractivity contribution >= 4 is 23.2 Å². The molecule has 3 rings (SSSR count). The standard InChI is InChI=1S/C22H25ClN4O/c23-20-7-4-6-19(16-20)17-25-12-14-26(15-13-25)18-22(28)27(11-5-10-24)21-8-2-1-3-9-21/h1-4,6-9,16H,5,11-15,17-18H2. The van der Waals surface area contributed by atoms with Crippen LogP contribution in [-0.2, 0) is 11.3 Å². The second kappa shape index (κ2) is 10.2. The van der Waals surface area contributed by atoms with E-state index in [0.29, 0.717) is 19.5 Å². The fourth-order valence-corrected chi connectivity index (χ4v) is 3.66. The third-order valence-corrected chi connectivity index (χ3v) is 5.17. The monoisotopic (exact) mass is 396 g/mol. The summed E-state index contributed by atoms with van der Waals surface area (Å²) in [6.45, 7) is 5.23. The molecule has 28 heavy (non-hydrogen) atoms. The van der Waals surface area contributed by atoms with Crippen molar-refractivity contribution in [3.05, 3.63) is 65.2 Å². The van der Waals surface area contributed by atoms with Crippen molar-refractivity contribution in [3.8, 4) is 6.07 Å². The van der Waals surface area contributed by atoms with Gasteiger partial charge < -0.3 is 4.90 Å². The first-order valence-corrected chi connectivity index (χ1v) is 9.95. The second-order valence-electron chi connectivity index (χ2n) is 6.97. The fourth-order valence-electron chi connectivity index (χ4n) is 3.44. The average molecular weight is 397 g/mol. The molecule has 0 bridgehead atoms. The number of nitriles is 1. The number of nitrogens with zero attached hydrogens (tertiary/aromatic N) is 4. The largest absolute Gasteiger partial charge is 0.310 e. The quantitative estimate of drug-likeness (QED) is 0.719. The first-order valence-electron chi connectivity index (χ1n) is 9.57. The molecule has 0 unspecified atom stereocenters. The lowest BCUT2D eigenvalue weighted by molar-refractivity contribution is -0.120. The number of rotatable bonds is 7. The van der Waals surface area contributed by atoms with Gasteiger partial charge in [0.2, 0.25) is 5.91 Å². The molecule has 5 nitrogen and oxygen atoms in total. The molecule has 0 spiro atoms. The second-order valence-corrected chi connectivity index (χ2v) is 7.41. The molecule has 2 aromatic carbocycles. The molecule has 0 N–H and O–H groups in total. The van der Waals surface area contributed by atoms with Gasteiger partial charge in [0.25, 0.3) is 0 Å². The number of benzene rings is 2. The lowest BCUT2D eigenvalue weighted by Crippen LogP contribution is -2.50. The molecule has 146 valence electrons. The molecular formula is C22H25ClN4O. The van der Waals surface area contributed by atoms with Gasteiger partial charge >= 0.3 is 0 Å². The number of anilines is 1. The minimum atomic E-state index is 0.0461. The Morgan fingerprint density at radius 2 is 1.75 bits per heavy atom. The Hall–Kier alpha value is -2.39. The van der Waals surface area contributed by atoms with Crippen LogP contribution in [0.3, 0.4) is 0 Å². The summed E-state index contributed by atoms with van der Waals surface area (Å²) in [7, 11) is 0. The summed E-state index contributed by atoms with van der Waals surface area (Å²) in [4.78, 5) is 19.2. The van der Waals surface area contributed by atoms with E-state index < -0.39 is 0 Å². The fraction of sp³-hybridized carbons (Fsp3) is 0.364. The third kappa shape index (κ3) is 5.80. The maximum atomic E-state index is 12.9. The zero-order valence-corrected chi connectivity index (χ0v) is 16.7. The van der Waals surface area contributed by atoms with Crippen molar-refractivity contribution in [3.63, 3.8) is 0 Å². The van der Waals surface area contributed by atoms with E-state index in [1.54, 1.807) is 4.90 Å². The predicted molar refractivity (Wildman–Crippen MR) is 112 cm³/mol. The number of carbonyl (C=O) groups excluding carboxylic acids is 1. The van der Waals surface area contributed by atoms with Crippen LogP contribution >= 0.6 is 11.6 Å². The zero-order chi connectivity index (χ0) is 19.8. The Balaban J connectivity index is 1.52. The maximum Gasteiger partial charge on any atom is 0.241 e. The Morgan fingerprint density at radius 3 is 2.43 bits per heavy atom. The van der Waals surface area contributed by atoms with Gasteiger partial charge in [0.15, 0.2) is 0 Å². The topological polar surface area (TPSA) is 50.6 Å². The first kappa shape index (κ1) is 20.3. The van der Waals surface area contributed by atoms with E-state index in [9.17, 15) is 4.79 Å². The maximum absolute atomic E-state index is 12.9. The van der Waals surface area contributed by atoms with Crippen molar-refractivity contribution in [2.24, 2.45) is 0 Å². The van der Waals surface area contributed by atoms with Gasteiger partial charge in [-0.25, -0.2) is 0 Å². The van der Waals surface area contributed by atoms with Crippen LogP contribution in [-0.4, -0.2) is 55.0 Å². The number of hydrogen-bond donors (Lipinski definition) is 0. The van der Waals surface area contributed by atoms with Crippen LogP contribution < -0.4 is 4.90 Å². The van der Waals surface area contributed by atoms with Gasteiger partial charge in [0.1, 0.15) is 0 Å². The highest BCUT2D eigenvalue weighted by Crippen LogP contribution is 2.16. The smallest absolute Gasteiger partial charge is 0.241 e. The zero-order valence-electron chi connectivity index (χ0n) is 15.9. The highest BCUT2D eigenvalue weighted by Gasteiger charge is 2.22. The molecule has 0 atom stereocenters. The van der Waals surface area contributed by atoms with Gasteiger partial charge in [-0.05, 0) is 29.8 Å². The molecule has 1 aliphatic rings. The Bertz CT molecular complexity index is 813. The van der Waals surface area contributed by atoms with Crippen molar-refractivity contribution in [1.29, 1.82) is 5.26 Å². The van der Waals surface area contributed by atoms with Crippen molar-refractivity contribution in [1.82, 2.24) is 9.80 Å². The van der Waals surface area contributed by atoms with Crippen LogP contribution in [0.15, 0.2) is 54.6 Å². The number of carbonyl (C=O) groups is 1. The molecule has 1 aliphatic heterocycles. The SMILES string of the molecule is N#CCCN(C(=O)CN1CCN(Cc2cccc(Cl)c2)CC1)c1ccccc1. The van der Waals surface area contributed by atoms with Gasteiger partial charge in [0.05, 0.1) is 19.0 Å². The normalized spacial score (nSPS) is 15.1. The number of hydrogen-bond acceptors (Lipinski definition) is 4. The summed E-state index contributed by atoms with van der Waals surface area (Å²) in [5, 5.41) is 9.68. The van der Waals surface area contributed by atoms with E-state index >= 15 is 0 Å². The molecule has 0 saturated carbocycles. The summed E-state index contributed by atoms with van der Waals surface area (Å²) < 4.78 is 0. The minimum Gasteiger partial charge on any atom is -0.310 e. The van der Waals surface area contributed by atoms with Crippen LogP contribution in [0.5, 0.6) is 0 Å². The molecule has 0 aliphatic carbocycles. The molecule has 1 saturated heterocycles. The van der Waals surface area contributed by atoms with Gasteiger partial charge in [-0.1, -0.05) is 41.9 Å². The number of amides is 1. The molecule has 1 heterocycles. The highest BCUT2D eigenvalue weighted by molar-refractivity contribution is 6.30. The summed E-state index contributed by atoms with van der Waals surface area (Å²) >= 11 is 6.07. The van der Waals surface area contributed by atoms with Gasteiger partial charge in [-0.15, -0.1) is 0 Å². The van der Waals surface area contributed by atoms with Crippen LogP contribution in [0, 0.1) is 11.3 Å². The Morgan fingerprint density at radius 1 is 1.04 bits per heavy atom. The number of piperazine rings is 1. The molecular weight excluding hydrogens is 372 g/mol. The van der Waals surface area contributed by atoms with E-state index in [1.807, 2.05) is 48.5 Å². The van der Waals surface area contributed by atoms with E-state index in [4.69, 9.17) is 16.9 Å². The average Bonchev–Trinajstić information content (AvgIpc) is 2.71. The number of para-hydroxylation sites is 1. The van der Waals surface area contributed by atoms with Gasteiger partial charge in [0, 0.05) is 50.0 Å². The Labute approximate surface area is 171 Å². The van der Waals surface area contributed by atoms with Crippen molar-refractivity contribution in [2.45, 2.75) is 13.0 Å². The van der Waals surface area contributed by atoms with Gasteiger partial charge in [-0.3, -0.25) is 14.6 Å². The predicted octanol–water partition coefficient (Wildman–Crippen LogP) is 3.40. The van der Waals surface area contributed by atoms with E-state index in [0.717, 1.165) is 43.4 Å². The van der Waals surface area contributed by atoms with Crippen molar-refractivity contribution in [2.75, 3.05) is 44.2 Å². The van der Waals surface area contributed by atoms with Crippen LogP contribution in [0.4, 0.5) is 5.69 Å². The van der Waals surface area contributed by atoms with Crippen molar-refractivity contribution < 1.29 is 4.79 Å². The van der Waals surface area contributed by atoms with Crippen LogP contribution in [0.1, 0.15) is 12.0 Å². The molecule has 2 aromatic rings. The molecule has 6 heteroatoms. The Kier molecular flexibility index (Phi) is 7.44. The van der Waals surface area contributed by atoms with E-state index in [-0.39, 0.29) is 5.91 Å². The molecule has 1 amide bonds. The van der Waals surface area contributed by atoms with Crippen LogP contribution in [0.2, 0.25) is 5.02 Å². The lowest BCUT2D eigenvalue weighted by Gasteiger charge is -2.35. The summed E-state index contributed by atoms with van der Waals surface area (Å²) in [5.74, 6) is 0.0461. The summed E-state index contributed by atoms with van der Waals surface area (Å²) in [6.07, 6.45) is 0.327.